The van der Waals surface area contributed by atoms with Crippen molar-refractivity contribution in [1.82, 2.24) is 10.2 Å². The van der Waals surface area contributed by atoms with Crippen molar-refractivity contribution >= 4 is 79.7 Å². The molecule has 5 rings (SSSR count). The second-order valence-corrected chi connectivity index (χ2v) is 12.3. The van der Waals surface area contributed by atoms with Gasteiger partial charge in [-0.2, -0.15) is 5.10 Å². The first-order chi connectivity index (χ1) is 17.9. The van der Waals surface area contributed by atoms with E-state index >= 15 is 0 Å². The van der Waals surface area contributed by atoms with Crippen molar-refractivity contribution in [3.8, 4) is 0 Å². The number of rotatable bonds is 7. The van der Waals surface area contributed by atoms with Crippen molar-refractivity contribution < 1.29 is 0 Å². The number of benzene rings is 3. The van der Waals surface area contributed by atoms with Crippen LogP contribution in [0, 0.1) is 6.92 Å². The molecule has 0 aliphatic carbocycles. The fourth-order valence-corrected chi connectivity index (χ4v) is 7.70. The van der Waals surface area contributed by atoms with Crippen molar-refractivity contribution in [1.29, 1.82) is 0 Å². The van der Waals surface area contributed by atoms with Gasteiger partial charge in [-0.05, 0) is 43.1 Å². The summed E-state index contributed by atoms with van der Waals surface area (Å²) in [5, 5.41) is 19.8. The predicted octanol–water partition coefficient (Wildman–Crippen LogP) is 8.36. The Morgan fingerprint density at radius 2 is 1.59 bits per heavy atom. The van der Waals surface area contributed by atoms with Gasteiger partial charge in [-0.25, -0.2) is 5.01 Å². The van der Waals surface area contributed by atoms with Crippen molar-refractivity contribution in [2.24, 2.45) is 10.8 Å². The second-order valence-electron chi connectivity index (χ2n) is 8.36. The van der Waals surface area contributed by atoms with Gasteiger partial charge in [0.1, 0.15) is 14.9 Å². The maximum atomic E-state index is 6.85. The van der Waals surface area contributed by atoms with E-state index in [1.54, 1.807) is 23.9 Å². The first-order valence-electron chi connectivity index (χ1n) is 11.4. The van der Waals surface area contributed by atoms with Gasteiger partial charge in [0.2, 0.25) is 5.13 Å². The van der Waals surface area contributed by atoms with Crippen LogP contribution in [0.15, 0.2) is 71.8 Å². The molecule has 2 heterocycles. The van der Waals surface area contributed by atoms with Crippen molar-refractivity contribution in [3.63, 3.8) is 0 Å². The Hall–Kier alpha value is -1.84. The average Bonchev–Trinajstić information content (AvgIpc) is 3.51. The number of anilines is 1. The molecule has 0 saturated heterocycles. The van der Waals surface area contributed by atoms with E-state index in [1.165, 1.54) is 11.3 Å². The van der Waals surface area contributed by atoms with Gasteiger partial charge in [-0.15, -0.1) is 10.2 Å². The average molecular weight is 609 g/mol. The van der Waals surface area contributed by atoms with E-state index in [2.05, 4.69) is 22.3 Å². The van der Waals surface area contributed by atoms with Crippen LogP contribution in [0.4, 0.5) is 5.13 Å². The van der Waals surface area contributed by atoms with Crippen LogP contribution in [0.5, 0.6) is 0 Å². The Bertz CT molecular complexity index is 1460. The van der Waals surface area contributed by atoms with E-state index in [9.17, 15) is 0 Å². The Balaban J connectivity index is 1.81. The Kier molecular flexibility index (Phi) is 8.03. The Morgan fingerprint density at radius 3 is 2.27 bits per heavy atom. The summed E-state index contributed by atoms with van der Waals surface area (Å²) in [6.07, 6.45) is 0.600. The summed E-state index contributed by atoms with van der Waals surface area (Å²) in [6, 6.07) is 21.4. The van der Waals surface area contributed by atoms with Gasteiger partial charge in [0.15, 0.2) is 0 Å². The minimum absolute atomic E-state index is 0.237. The zero-order valence-electron chi connectivity index (χ0n) is 19.5. The summed E-state index contributed by atoms with van der Waals surface area (Å²) in [7, 11) is 0. The van der Waals surface area contributed by atoms with Crippen LogP contribution in [0.1, 0.15) is 34.0 Å². The molecular formula is C26H21Cl4N5S2. The van der Waals surface area contributed by atoms with Gasteiger partial charge < -0.3 is 5.73 Å². The molecule has 0 bridgehead atoms. The molecule has 0 fully saturated rings. The minimum atomic E-state index is -0.831. The molecule has 5 nitrogen and oxygen atoms in total. The molecule has 3 aromatic carbocycles. The highest BCUT2D eigenvalue weighted by Crippen LogP contribution is 2.59. The summed E-state index contributed by atoms with van der Waals surface area (Å²) in [6.45, 7) is 2.33. The predicted molar refractivity (Wildman–Crippen MR) is 159 cm³/mol. The molecule has 1 aromatic heterocycles. The summed E-state index contributed by atoms with van der Waals surface area (Å²) >= 11 is 29.5. The summed E-state index contributed by atoms with van der Waals surface area (Å²) in [5.41, 5.74) is 8.83. The number of hydrazone groups is 1. The first-order valence-corrected chi connectivity index (χ1v) is 14.5. The molecule has 2 N–H and O–H groups in total. The number of nitrogens with zero attached hydrogens (tertiary/aromatic N) is 4. The van der Waals surface area contributed by atoms with E-state index in [0.29, 0.717) is 43.2 Å². The van der Waals surface area contributed by atoms with E-state index in [-0.39, 0.29) is 5.92 Å². The van der Waals surface area contributed by atoms with Gasteiger partial charge in [-0.3, -0.25) is 0 Å². The lowest BCUT2D eigenvalue weighted by Crippen LogP contribution is -2.44. The first kappa shape index (κ1) is 26.8. The monoisotopic (exact) mass is 607 g/mol. The molecule has 11 heteroatoms. The van der Waals surface area contributed by atoms with Crippen LogP contribution in [0.25, 0.3) is 0 Å². The smallest absolute Gasteiger partial charge is 0.230 e. The maximum Gasteiger partial charge on any atom is 0.230 e. The zero-order valence-corrected chi connectivity index (χ0v) is 24.2. The van der Waals surface area contributed by atoms with Crippen molar-refractivity contribution in [2.75, 3.05) is 11.6 Å². The van der Waals surface area contributed by atoms with Crippen LogP contribution in [0.2, 0.25) is 20.1 Å². The largest absolute Gasteiger partial charge is 0.330 e. The lowest BCUT2D eigenvalue weighted by Gasteiger charge is -2.42. The van der Waals surface area contributed by atoms with E-state index in [1.807, 2.05) is 54.4 Å². The van der Waals surface area contributed by atoms with Crippen LogP contribution in [-0.4, -0.2) is 21.8 Å². The summed E-state index contributed by atoms with van der Waals surface area (Å²) < 4.78 is 0. The maximum absolute atomic E-state index is 6.85. The number of thioether (sulfide) groups is 1. The van der Waals surface area contributed by atoms with Gasteiger partial charge in [0.25, 0.3) is 0 Å². The lowest BCUT2D eigenvalue weighted by molar-refractivity contribution is 0.451. The molecule has 1 aliphatic heterocycles. The normalized spacial score (nSPS) is 18.2. The van der Waals surface area contributed by atoms with Crippen LogP contribution < -0.4 is 10.7 Å². The number of aryl methyl sites for hydroxylation is 1. The van der Waals surface area contributed by atoms with Gasteiger partial charge >= 0.3 is 0 Å². The molecule has 2 unspecified atom stereocenters. The highest BCUT2D eigenvalue weighted by molar-refractivity contribution is 8.15. The highest BCUT2D eigenvalue weighted by Gasteiger charge is 2.54. The molecule has 0 radical (unpaired) electrons. The van der Waals surface area contributed by atoms with E-state index in [0.717, 1.165) is 21.7 Å². The highest BCUT2D eigenvalue weighted by atomic mass is 35.5. The standard InChI is InChI=1S/C26H21Cl4N5S2/c1-15-32-33-25(36-15)35-26(16-7-3-2-4-8-16,19(13-14-31)17-9-5-11-20(27)22(17)29)37-24(34-35)18-10-6-12-21(28)23(18)30/h2-12,19H,13-14,31H2,1H3. The third kappa shape index (κ3) is 4.87. The lowest BCUT2D eigenvalue weighted by atomic mass is 9.83. The van der Waals surface area contributed by atoms with Gasteiger partial charge in [-0.1, -0.05) is 124 Å². The van der Waals surface area contributed by atoms with Crippen LogP contribution in [-0.2, 0) is 4.87 Å². The van der Waals surface area contributed by atoms with Crippen LogP contribution >= 0.6 is 69.5 Å². The SMILES string of the molecule is Cc1nnc(N2N=C(c3cccc(Cl)c3Cl)SC2(c2ccccc2)C(CCN)c2cccc(Cl)c2Cl)s1. The number of hydrogen-bond donors (Lipinski definition) is 1. The number of hydrogen-bond acceptors (Lipinski definition) is 7. The van der Waals surface area contributed by atoms with Gasteiger partial charge in [0.05, 0.1) is 20.1 Å². The molecule has 37 heavy (non-hydrogen) atoms. The molecule has 1 aliphatic rings. The molecular weight excluding hydrogens is 588 g/mol. The van der Waals surface area contributed by atoms with E-state index < -0.39 is 4.87 Å². The molecule has 0 saturated carbocycles. The molecule has 4 aromatic rings. The fraction of sp³-hybridized carbons (Fsp3) is 0.192. The second kappa shape index (κ2) is 11.1. The molecule has 190 valence electrons. The fourth-order valence-electron chi connectivity index (χ4n) is 4.51. The number of halogens is 4. The van der Waals surface area contributed by atoms with Gasteiger partial charge in [0, 0.05) is 11.5 Å². The summed E-state index contributed by atoms with van der Waals surface area (Å²) in [5.74, 6) is -0.237. The topological polar surface area (TPSA) is 67.4 Å². The van der Waals surface area contributed by atoms with Crippen molar-refractivity contribution in [2.45, 2.75) is 24.1 Å². The quantitative estimate of drug-likeness (QED) is 0.228. The summed E-state index contributed by atoms with van der Waals surface area (Å²) in [4.78, 5) is -0.831. The third-order valence-corrected chi connectivity index (χ3v) is 10.1. The van der Waals surface area contributed by atoms with Crippen LogP contribution in [0.3, 0.4) is 0 Å². The Morgan fingerprint density at radius 1 is 0.892 bits per heavy atom. The zero-order chi connectivity index (χ0) is 26.2. The number of aromatic nitrogens is 2. The number of nitrogens with two attached hydrogens (primary N) is 1. The minimum Gasteiger partial charge on any atom is -0.330 e. The third-order valence-electron chi connectivity index (χ3n) is 6.11. The van der Waals surface area contributed by atoms with E-state index in [4.69, 9.17) is 57.2 Å². The molecule has 2 atom stereocenters. The Labute approximate surface area is 243 Å². The van der Waals surface area contributed by atoms with Crippen molar-refractivity contribution in [3.05, 3.63) is 109 Å². The molecule has 0 amide bonds. The molecule has 0 spiro atoms.